The highest BCUT2D eigenvalue weighted by molar-refractivity contribution is 5.82. The van der Waals surface area contributed by atoms with Crippen molar-refractivity contribution in [3.8, 4) is 5.95 Å². The molecule has 5 rings (SSSR count). The summed E-state index contributed by atoms with van der Waals surface area (Å²) < 4.78 is 2.11. The van der Waals surface area contributed by atoms with Crippen molar-refractivity contribution < 1.29 is 0 Å². The predicted octanol–water partition coefficient (Wildman–Crippen LogP) is 4.37. The first-order valence-corrected chi connectivity index (χ1v) is 10.3. The fourth-order valence-electron chi connectivity index (χ4n) is 4.21. The van der Waals surface area contributed by atoms with E-state index in [1.807, 2.05) is 18.2 Å². The molecule has 2 aromatic carbocycles. The Balaban J connectivity index is 1.61. The zero-order valence-corrected chi connectivity index (χ0v) is 16.4. The first-order valence-electron chi connectivity index (χ1n) is 10.3. The molecule has 1 aliphatic carbocycles. The third kappa shape index (κ3) is 3.38. The van der Waals surface area contributed by atoms with Crippen molar-refractivity contribution in [1.82, 2.24) is 14.5 Å². The van der Waals surface area contributed by atoms with Crippen LogP contribution in [0.5, 0.6) is 0 Å². The summed E-state index contributed by atoms with van der Waals surface area (Å²) in [6, 6.07) is 20.9. The van der Waals surface area contributed by atoms with Crippen molar-refractivity contribution in [3.63, 3.8) is 0 Å². The number of fused-ring (bicyclic) bond motifs is 2. The molecule has 4 aromatic rings. The quantitative estimate of drug-likeness (QED) is 0.537. The van der Waals surface area contributed by atoms with Gasteiger partial charge in [0.15, 0.2) is 0 Å². The molecule has 1 aliphatic rings. The number of anilines is 1. The highest BCUT2D eigenvalue weighted by Crippen LogP contribution is 2.29. The van der Waals surface area contributed by atoms with Crippen molar-refractivity contribution >= 4 is 16.7 Å². The van der Waals surface area contributed by atoms with Crippen molar-refractivity contribution in [1.29, 1.82) is 0 Å². The maximum Gasteiger partial charge on any atom is 0.236 e. The molecule has 0 radical (unpaired) electrons. The van der Waals surface area contributed by atoms with E-state index in [0.29, 0.717) is 12.5 Å². The Morgan fingerprint density at radius 3 is 2.59 bits per heavy atom. The van der Waals surface area contributed by atoms with Gasteiger partial charge in [0.2, 0.25) is 5.95 Å². The predicted molar refractivity (Wildman–Crippen MR) is 117 cm³/mol. The molecule has 29 heavy (non-hydrogen) atoms. The van der Waals surface area contributed by atoms with Gasteiger partial charge in [0.1, 0.15) is 5.82 Å². The maximum absolute atomic E-state index is 6.07. The second-order valence-electron chi connectivity index (χ2n) is 7.58. The van der Waals surface area contributed by atoms with E-state index in [-0.39, 0.29) is 0 Å². The van der Waals surface area contributed by atoms with E-state index in [1.54, 1.807) is 0 Å². The van der Waals surface area contributed by atoms with Gasteiger partial charge in [0, 0.05) is 29.7 Å². The molecule has 5 heteroatoms. The number of hydrogen-bond donors (Lipinski definition) is 2. The van der Waals surface area contributed by atoms with Crippen molar-refractivity contribution in [2.45, 2.75) is 38.8 Å². The van der Waals surface area contributed by atoms with Crippen LogP contribution in [0.2, 0.25) is 0 Å². The molecule has 0 atom stereocenters. The van der Waals surface area contributed by atoms with Crippen LogP contribution in [-0.4, -0.2) is 14.5 Å². The molecule has 0 spiro atoms. The number of nitrogens with zero attached hydrogens (tertiary/aromatic N) is 3. The van der Waals surface area contributed by atoms with Crippen molar-refractivity contribution in [2.24, 2.45) is 5.73 Å². The summed E-state index contributed by atoms with van der Waals surface area (Å²) in [5.41, 5.74) is 11.9. The molecule has 2 heterocycles. The van der Waals surface area contributed by atoms with Gasteiger partial charge >= 0.3 is 0 Å². The van der Waals surface area contributed by atoms with Gasteiger partial charge in [0.05, 0.1) is 11.2 Å². The average molecular weight is 383 g/mol. The summed E-state index contributed by atoms with van der Waals surface area (Å²) >= 11 is 0. The van der Waals surface area contributed by atoms with Crippen LogP contribution >= 0.6 is 0 Å². The molecule has 2 aromatic heterocycles. The molecule has 0 unspecified atom stereocenters. The zero-order chi connectivity index (χ0) is 19.6. The summed E-state index contributed by atoms with van der Waals surface area (Å²) in [7, 11) is 0. The van der Waals surface area contributed by atoms with Gasteiger partial charge in [-0.25, -0.2) is 4.98 Å². The van der Waals surface area contributed by atoms with Gasteiger partial charge in [-0.2, -0.15) is 4.98 Å². The van der Waals surface area contributed by atoms with E-state index in [1.165, 1.54) is 24.0 Å². The first kappa shape index (κ1) is 17.9. The molecule has 5 nitrogen and oxygen atoms in total. The normalized spacial score (nSPS) is 13.4. The Bertz CT molecular complexity index is 1150. The number of aryl methyl sites for hydroxylation is 1. The van der Waals surface area contributed by atoms with Gasteiger partial charge in [-0.3, -0.25) is 4.57 Å². The van der Waals surface area contributed by atoms with Crippen LogP contribution in [0.4, 0.5) is 5.82 Å². The lowest BCUT2D eigenvalue weighted by atomic mass is 9.96. The lowest BCUT2D eigenvalue weighted by molar-refractivity contribution is 0.658. The van der Waals surface area contributed by atoms with Crippen LogP contribution in [-0.2, 0) is 25.9 Å². The van der Waals surface area contributed by atoms with E-state index in [4.69, 9.17) is 15.7 Å². The minimum atomic E-state index is 0.446. The third-order valence-electron chi connectivity index (χ3n) is 5.67. The molecular weight excluding hydrogens is 358 g/mol. The van der Waals surface area contributed by atoms with Crippen LogP contribution in [0.25, 0.3) is 16.9 Å². The van der Waals surface area contributed by atoms with Crippen LogP contribution in [0.1, 0.15) is 35.4 Å². The standard InChI is InChI=1S/C24H25N5/c25-15-19-14-18-10-4-7-13-22(18)29(19)24-27-21-12-6-5-11-20(21)23(28-24)26-16-17-8-2-1-3-9-17/h1-4,7-10,13-14H,5-6,11-12,15-16,25H2,(H,26,27,28). The van der Waals surface area contributed by atoms with Crippen molar-refractivity contribution in [2.75, 3.05) is 5.32 Å². The highest BCUT2D eigenvalue weighted by Gasteiger charge is 2.20. The summed E-state index contributed by atoms with van der Waals surface area (Å²) in [4.78, 5) is 9.97. The third-order valence-corrected chi connectivity index (χ3v) is 5.67. The SMILES string of the molecule is NCc1cc2ccccc2n1-c1nc2c(c(NCc3ccccc3)n1)CCCC2. The van der Waals surface area contributed by atoms with Crippen LogP contribution < -0.4 is 11.1 Å². The number of benzene rings is 2. The largest absolute Gasteiger partial charge is 0.366 e. The number of aromatic nitrogens is 3. The van der Waals surface area contributed by atoms with Gasteiger partial charge in [0.25, 0.3) is 0 Å². The number of nitrogens with two attached hydrogens (primary N) is 1. The number of hydrogen-bond acceptors (Lipinski definition) is 4. The van der Waals surface area contributed by atoms with Crippen LogP contribution in [0, 0.1) is 0 Å². The molecule has 0 amide bonds. The molecule has 0 saturated carbocycles. The minimum Gasteiger partial charge on any atom is -0.366 e. The second kappa shape index (κ2) is 7.68. The molecule has 0 fully saturated rings. The van der Waals surface area contributed by atoms with Gasteiger partial charge in [-0.05, 0) is 43.4 Å². The number of rotatable bonds is 5. The monoisotopic (exact) mass is 383 g/mol. The summed E-state index contributed by atoms with van der Waals surface area (Å²) in [5.74, 6) is 1.66. The van der Waals surface area contributed by atoms with Crippen molar-refractivity contribution in [3.05, 3.63) is 83.2 Å². The molecule has 146 valence electrons. The first-order chi connectivity index (χ1) is 14.3. The van der Waals surface area contributed by atoms with E-state index in [9.17, 15) is 0 Å². The Labute approximate surface area is 170 Å². The fourth-order valence-corrected chi connectivity index (χ4v) is 4.21. The topological polar surface area (TPSA) is 68.8 Å². The van der Waals surface area contributed by atoms with E-state index < -0.39 is 0 Å². The lowest BCUT2D eigenvalue weighted by Crippen LogP contribution is -2.17. The van der Waals surface area contributed by atoms with Gasteiger partial charge in [-0.15, -0.1) is 0 Å². The Hall–Kier alpha value is -3.18. The Morgan fingerprint density at radius 1 is 0.931 bits per heavy atom. The van der Waals surface area contributed by atoms with Gasteiger partial charge in [-0.1, -0.05) is 48.5 Å². The molecule has 0 saturated heterocycles. The summed E-state index contributed by atoms with van der Waals surface area (Å²) in [6.07, 6.45) is 4.40. The van der Waals surface area contributed by atoms with E-state index in [2.05, 4.69) is 52.3 Å². The highest BCUT2D eigenvalue weighted by atomic mass is 15.2. The molecule has 0 bridgehead atoms. The molecule has 3 N–H and O–H groups in total. The Morgan fingerprint density at radius 2 is 1.72 bits per heavy atom. The maximum atomic E-state index is 6.07. The lowest BCUT2D eigenvalue weighted by Gasteiger charge is -2.21. The van der Waals surface area contributed by atoms with Gasteiger partial charge < -0.3 is 11.1 Å². The number of nitrogens with one attached hydrogen (secondary N) is 1. The zero-order valence-electron chi connectivity index (χ0n) is 16.4. The fraction of sp³-hybridized carbons (Fsp3) is 0.250. The second-order valence-corrected chi connectivity index (χ2v) is 7.58. The van der Waals surface area contributed by atoms with E-state index in [0.717, 1.165) is 47.5 Å². The molecular formula is C24H25N5. The van der Waals surface area contributed by atoms with Crippen LogP contribution in [0.15, 0.2) is 60.7 Å². The van der Waals surface area contributed by atoms with Crippen LogP contribution in [0.3, 0.4) is 0 Å². The smallest absolute Gasteiger partial charge is 0.236 e. The Kier molecular flexibility index (Phi) is 4.74. The average Bonchev–Trinajstić information content (AvgIpc) is 3.16. The number of para-hydroxylation sites is 1. The van der Waals surface area contributed by atoms with E-state index >= 15 is 0 Å². The molecule has 0 aliphatic heterocycles. The summed E-state index contributed by atoms with van der Waals surface area (Å²) in [5, 5.41) is 4.74. The summed E-state index contributed by atoms with van der Waals surface area (Å²) in [6.45, 7) is 1.20. The minimum absolute atomic E-state index is 0.446.